The summed E-state index contributed by atoms with van der Waals surface area (Å²) in [4.78, 5) is 14.4. The molecule has 1 atom stereocenters. The Hall–Kier alpha value is -1.52. The number of rotatable bonds is 1. The van der Waals surface area contributed by atoms with E-state index in [1.54, 1.807) is 13.0 Å². The minimum atomic E-state index is -0.632. The predicted molar refractivity (Wildman–Crippen MR) is 39.4 cm³/mol. The topological polar surface area (TPSA) is 90.7 Å². The van der Waals surface area contributed by atoms with E-state index in [0.29, 0.717) is 5.57 Å². The number of hydrogen-bond acceptors (Lipinski definition) is 3. The molecule has 0 fully saturated rings. The van der Waals surface area contributed by atoms with Crippen LogP contribution in [0.4, 0.5) is 0 Å². The highest BCUT2D eigenvalue weighted by atomic mass is 16.6. The van der Waals surface area contributed by atoms with Crippen LogP contribution in [0.3, 0.4) is 0 Å². The van der Waals surface area contributed by atoms with Crippen LogP contribution in [0, 0.1) is 0 Å². The van der Waals surface area contributed by atoms with Crippen LogP contribution < -0.4 is 11.5 Å². The van der Waals surface area contributed by atoms with E-state index in [4.69, 9.17) is 16.2 Å². The van der Waals surface area contributed by atoms with E-state index >= 15 is 0 Å². The van der Waals surface area contributed by atoms with Crippen LogP contribution in [-0.2, 0) is 9.53 Å². The van der Waals surface area contributed by atoms with Crippen LogP contribution in [0.25, 0.3) is 0 Å². The van der Waals surface area contributed by atoms with Gasteiger partial charge in [0, 0.05) is 5.57 Å². The lowest BCUT2D eigenvalue weighted by Gasteiger charge is -2.00. The molecule has 0 aromatic rings. The summed E-state index contributed by atoms with van der Waals surface area (Å²) in [6.07, 6.45) is 0.926. The van der Waals surface area contributed by atoms with Crippen molar-refractivity contribution in [2.24, 2.45) is 16.5 Å². The lowest BCUT2D eigenvalue weighted by Crippen LogP contribution is -2.25. The molecule has 0 aromatic heterocycles. The summed E-state index contributed by atoms with van der Waals surface area (Å²) in [6.45, 7) is 1.64. The summed E-state index contributed by atoms with van der Waals surface area (Å²) in [5.41, 5.74) is 10.7. The van der Waals surface area contributed by atoms with E-state index in [1.807, 2.05) is 0 Å². The monoisotopic (exact) mass is 155 g/mol. The summed E-state index contributed by atoms with van der Waals surface area (Å²) in [5.74, 6) is -0.464. The van der Waals surface area contributed by atoms with Gasteiger partial charge in [-0.25, -0.2) is 9.79 Å². The van der Waals surface area contributed by atoms with E-state index in [-0.39, 0.29) is 11.9 Å². The fourth-order valence-corrected chi connectivity index (χ4v) is 0.729. The van der Waals surface area contributed by atoms with Crippen molar-refractivity contribution in [3.05, 3.63) is 11.6 Å². The summed E-state index contributed by atoms with van der Waals surface area (Å²) < 4.78 is 4.71. The number of carbonyl (C=O) groups excluding carboxylic acids is 1. The molecule has 0 aliphatic carbocycles. The van der Waals surface area contributed by atoms with Gasteiger partial charge in [0.25, 0.3) is 0 Å². The number of carbonyl (C=O) groups is 1. The van der Waals surface area contributed by atoms with E-state index in [1.165, 1.54) is 0 Å². The molecular formula is C6H9N3O2. The summed E-state index contributed by atoms with van der Waals surface area (Å²) in [6, 6.07) is 0. The third-order valence-corrected chi connectivity index (χ3v) is 1.22. The normalized spacial score (nSPS) is 22.5. The Kier molecular flexibility index (Phi) is 1.80. The number of guanidine groups is 1. The average Bonchev–Trinajstić information content (AvgIpc) is 2.10. The Morgan fingerprint density at radius 1 is 1.73 bits per heavy atom. The molecule has 0 aromatic carbocycles. The largest absolute Gasteiger partial charge is 0.432 e. The Bertz CT molecular complexity index is 240. The molecule has 5 heteroatoms. The van der Waals surface area contributed by atoms with Crippen molar-refractivity contribution < 1.29 is 9.53 Å². The third kappa shape index (κ3) is 1.70. The number of nitrogens with zero attached hydrogens (tertiary/aromatic N) is 1. The van der Waals surface area contributed by atoms with Gasteiger partial charge in [0.15, 0.2) is 5.96 Å². The molecule has 1 aliphatic heterocycles. The second-order valence-electron chi connectivity index (χ2n) is 2.20. The maximum atomic E-state index is 10.7. The number of nitrogens with two attached hydrogens (primary N) is 2. The molecule has 1 heterocycles. The molecule has 0 saturated heterocycles. The Morgan fingerprint density at radius 3 is 2.73 bits per heavy atom. The first-order valence-electron chi connectivity index (χ1n) is 3.08. The smallest absolute Gasteiger partial charge is 0.335 e. The second kappa shape index (κ2) is 2.61. The van der Waals surface area contributed by atoms with Crippen LogP contribution in [0.1, 0.15) is 6.92 Å². The number of aliphatic imine (C=N–C) groups is 1. The average molecular weight is 155 g/mol. The van der Waals surface area contributed by atoms with E-state index < -0.39 is 6.23 Å². The SMILES string of the molecule is CC1=CC(N=C(N)N)OC1=O. The number of esters is 1. The van der Waals surface area contributed by atoms with Crippen LogP contribution in [0.2, 0.25) is 0 Å². The zero-order chi connectivity index (χ0) is 8.43. The molecule has 0 radical (unpaired) electrons. The van der Waals surface area contributed by atoms with Gasteiger partial charge in [-0.3, -0.25) is 0 Å². The molecule has 1 aliphatic rings. The molecule has 60 valence electrons. The molecule has 0 spiro atoms. The van der Waals surface area contributed by atoms with Crippen LogP contribution in [0.5, 0.6) is 0 Å². The number of hydrogen-bond donors (Lipinski definition) is 2. The van der Waals surface area contributed by atoms with Gasteiger partial charge >= 0.3 is 5.97 Å². The Morgan fingerprint density at radius 2 is 2.36 bits per heavy atom. The van der Waals surface area contributed by atoms with Crippen molar-refractivity contribution in [1.29, 1.82) is 0 Å². The molecule has 4 N–H and O–H groups in total. The van der Waals surface area contributed by atoms with Gasteiger partial charge in [-0.15, -0.1) is 0 Å². The quantitative estimate of drug-likeness (QED) is 0.291. The molecular weight excluding hydrogens is 146 g/mol. The van der Waals surface area contributed by atoms with Gasteiger partial charge in [-0.1, -0.05) is 0 Å². The fourth-order valence-electron chi connectivity index (χ4n) is 0.729. The van der Waals surface area contributed by atoms with E-state index in [2.05, 4.69) is 4.99 Å². The Labute approximate surface area is 63.7 Å². The van der Waals surface area contributed by atoms with Crippen molar-refractivity contribution in [3.63, 3.8) is 0 Å². The van der Waals surface area contributed by atoms with Crippen molar-refractivity contribution in [1.82, 2.24) is 0 Å². The first-order valence-corrected chi connectivity index (χ1v) is 3.08. The zero-order valence-corrected chi connectivity index (χ0v) is 6.07. The standard InChI is InChI=1S/C6H9N3O2/c1-3-2-4(9-6(7)8)11-5(3)10/h2,4H,1H3,(H4,7,8,9). The van der Waals surface area contributed by atoms with Gasteiger partial charge < -0.3 is 16.2 Å². The highest BCUT2D eigenvalue weighted by Gasteiger charge is 2.20. The summed E-state index contributed by atoms with van der Waals surface area (Å²) in [5, 5.41) is 0. The number of cyclic esters (lactones) is 1. The predicted octanol–water partition coefficient (Wildman–Crippen LogP) is -0.911. The maximum absolute atomic E-state index is 10.7. The van der Waals surface area contributed by atoms with Gasteiger partial charge in [-0.2, -0.15) is 0 Å². The molecule has 0 amide bonds. The molecule has 0 saturated carbocycles. The highest BCUT2D eigenvalue weighted by molar-refractivity contribution is 5.90. The Balaban J connectivity index is 2.69. The van der Waals surface area contributed by atoms with Gasteiger partial charge in [0.1, 0.15) is 0 Å². The zero-order valence-electron chi connectivity index (χ0n) is 6.07. The van der Waals surface area contributed by atoms with E-state index in [0.717, 1.165) is 0 Å². The molecule has 11 heavy (non-hydrogen) atoms. The maximum Gasteiger partial charge on any atom is 0.335 e. The van der Waals surface area contributed by atoms with Crippen LogP contribution in [0.15, 0.2) is 16.6 Å². The minimum Gasteiger partial charge on any atom is -0.432 e. The minimum absolute atomic E-state index is 0.0891. The van der Waals surface area contributed by atoms with Gasteiger partial charge in [-0.05, 0) is 13.0 Å². The van der Waals surface area contributed by atoms with Crippen molar-refractivity contribution >= 4 is 11.9 Å². The number of ether oxygens (including phenoxy) is 1. The first-order chi connectivity index (χ1) is 5.09. The van der Waals surface area contributed by atoms with Crippen molar-refractivity contribution in [3.8, 4) is 0 Å². The fraction of sp³-hybridized carbons (Fsp3) is 0.333. The molecule has 0 bridgehead atoms. The lowest BCUT2D eigenvalue weighted by atomic mass is 10.3. The molecule has 1 unspecified atom stereocenters. The summed E-state index contributed by atoms with van der Waals surface area (Å²) >= 11 is 0. The summed E-state index contributed by atoms with van der Waals surface area (Å²) in [7, 11) is 0. The molecule has 5 nitrogen and oxygen atoms in total. The second-order valence-corrected chi connectivity index (χ2v) is 2.20. The lowest BCUT2D eigenvalue weighted by molar-refractivity contribution is -0.139. The van der Waals surface area contributed by atoms with Gasteiger partial charge in [0.05, 0.1) is 0 Å². The highest BCUT2D eigenvalue weighted by Crippen LogP contribution is 2.12. The van der Waals surface area contributed by atoms with E-state index in [9.17, 15) is 4.79 Å². The molecule has 1 rings (SSSR count). The van der Waals surface area contributed by atoms with Crippen molar-refractivity contribution in [2.75, 3.05) is 0 Å². The van der Waals surface area contributed by atoms with Crippen molar-refractivity contribution in [2.45, 2.75) is 13.2 Å². The van der Waals surface area contributed by atoms with Crippen LogP contribution in [-0.4, -0.2) is 18.2 Å². The first kappa shape index (κ1) is 7.59. The van der Waals surface area contributed by atoms with Gasteiger partial charge in [0.2, 0.25) is 6.23 Å². The van der Waals surface area contributed by atoms with Crippen LogP contribution >= 0.6 is 0 Å². The third-order valence-electron chi connectivity index (χ3n) is 1.22.